The summed E-state index contributed by atoms with van der Waals surface area (Å²) in [5, 5.41) is 0.970. The Morgan fingerprint density at radius 2 is 2.09 bits per heavy atom. The number of hydrogen-bond acceptors (Lipinski definition) is 5. The Hall–Kier alpha value is -1.30. The predicted molar refractivity (Wildman–Crippen MR) is 87.0 cm³/mol. The molecule has 6 heteroatoms. The first-order chi connectivity index (χ1) is 10.8. The minimum Gasteiger partial charge on any atom is -0.355 e. The van der Waals surface area contributed by atoms with Gasteiger partial charge >= 0.3 is 0 Å². The van der Waals surface area contributed by atoms with E-state index in [4.69, 9.17) is 0 Å². The van der Waals surface area contributed by atoms with E-state index in [9.17, 15) is 4.79 Å². The molecule has 4 rings (SSSR count). The zero-order valence-corrected chi connectivity index (χ0v) is 13.8. The maximum absolute atomic E-state index is 12.3. The number of carbonyl (C=O) groups is 1. The third-order valence-corrected chi connectivity index (χ3v) is 5.76. The molecule has 3 fully saturated rings. The highest BCUT2D eigenvalue weighted by Crippen LogP contribution is 2.39. The van der Waals surface area contributed by atoms with Gasteiger partial charge in [-0.1, -0.05) is 0 Å². The standard InChI is InChI=1S/C16H22N4OS/c1-22-15-9-17-8-14(18-15)19-7-6-13-11(10-19)2-5-16(21)20(13)12-3-4-12/h8-9,11-13H,2-7,10H2,1H3/t11-,13+/m1/s1. The van der Waals surface area contributed by atoms with Crippen LogP contribution in [-0.4, -0.2) is 52.2 Å². The Labute approximate surface area is 135 Å². The summed E-state index contributed by atoms with van der Waals surface area (Å²) in [6.45, 7) is 1.98. The van der Waals surface area contributed by atoms with Crippen molar-refractivity contribution in [1.82, 2.24) is 14.9 Å². The molecule has 2 saturated heterocycles. The van der Waals surface area contributed by atoms with Crippen LogP contribution in [0.5, 0.6) is 0 Å². The Morgan fingerprint density at radius 1 is 1.23 bits per heavy atom. The molecule has 0 aromatic carbocycles. The number of rotatable bonds is 3. The summed E-state index contributed by atoms with van der Waals surface area (Å²) < 4.78 is 0. The zero-order valence-electron chi connectivity index (χ0n) is 12.9. The van der Waals surface area contributed by atoms with Crippen molar-refractivity contribution in [1.29, 1.82) is 0 Å². The SMILES string of the molecule is CSc1cncc(N2CC[C@H]3[C@H](CCC(=O)N3C3CC3)C2)n1. The molecule has 3 aliphatic rings. The second kappa shape index (κ2) is 5.72. The van der Waals surface area contributed by atoms with Gasteiger partial charge in [-0.05, 0) is 37.9 Å². The van der Waals surface area contributed by atoms with Crippen LogP contribution >= 0.6 is 11.8 Å². The third kappa shape index (κ3) is 2.57. The Bertz CT molecular complexity index is 577. The average Bonchev–Trinajstić information content (AvgIpc) is 3.39. The summed E-state index contributed by atoms with van der Waals surface area (Å²) in [6.07, 6.45) is 10.9. The quantitative estimate of drug-likeness (QED) is 0.800. The van der Waals surface area contributed by atoms with Gasteiger partial charge in [-0.2, -0.15) is 0 Å². The van der Waals surface area contributed by atoms with Crippen LogP contribution in [0.3, 0.4) is 0 Å². The van der Waals surface area contributed by atoms with Gasteiger partial charge in [0.25, 0.3) is 0 Å². The average molecular weight is 318 g/mol. The highest BCUT2D eigenvalue weighted by molar-refractivity contribution is 7.98. The first kappa shape index (κ1) is 14.3. The lowest BCUT2D eigenvalue weighted by Crippen LogP contribution is -2.56. The maximum Gasteiger partial charge on any atom is 0.223 e. The summed E-state index contributed by atoms with van der Waals surface area (Å²) in [6, 6.07) is 1.01. The van der Waals surface area contributed by atoms with Crippen LogP contribution < -0.4 is 4.90 Å². The summed E-state index contributed by atoms with van der Waals surface area (Å²) in [4.78, 5) is 25.8. The number of nitrogens with zero attached hydrogens (tertiary/aromatic N) is 4. The van der Waals surface area contributed by atoms with E-state index < -0.39 is 0 Å². The topological polar surface area (TPSA) is 49.3 Å². The number of likely N-dealkylation sites (tertiary alicyclic amines) is 1. The van der Waals surface area contributed by atoms with Crippen molar-refractivity contribution >= 4 is 23.5 Å². The van der Waals surface area contributed by atoms with Crippen LogP contribution in [0.4, 0.5) is 5.82 Å². The molecule has 0 bridgehead atoms. The maximum atomic E-state index is 12.3. The molecule has 2 aliphatic heterocycles. The lowest BCUT2D eigenvalue weighted by Gasteiger charge is -2.47. The first-order valence-corrected chi connectivity index (χ1v) is 9.41. The van der Waals surface area contributed by atoms with E-state index in [1.54, 1.807) is 11.8 Å². The van der Waals surface area contributed by atoms with Gasteiger partial charge in [0.15, 0.2) is 0 Å². The lowest BCUT2D eigenvalue weighted by atomic mass is 9.83. The number of fused-ring (bicyclic) bond motifs is 1. The molecule has 3 heterocycles. The van der Waals surface area contributed by atoms with Crippen LogP contribution in [0.1, 0.15) is 32.1 Å². The van der Waals surface area contributed by atoms with E-state index in [0.717, 1.165) is 43.2 Å². The van der Waals surface area contributed by atoms with Crippen molar-refractivity contribution in [2.75, 3.05) is 24.2 Å². The molecule has 0 radical (unpaired) electrons. The monoisotopic (exact) mass is 318 g/mol. The number of thioether (sulfide) groups is 1. The number of amides is 1. The molecule has 1 saturated carbocycles. The third-order valence-electron chi connectivity index (χ3n) is 5.14. The van der Waals surface area contributed by atoms with E-state index in [0.29, 0.717) is 23.9 Å². The van der Waals surface area contributed by atoms with E-state index in [-0.39, 0.29) is 0 Å². The summed E-state index contributed by atoms with van der Waals surface area (Å²) >= 11 is 1.63. The van der Waals surface area contributed by atoms with Crippen molar-refractivity contribution in [3.05, 3.63) is 12.4 Å². The Morgan fingerprint density at radius 3 is 2.86 bits per heavy atom. The lowest BCUT2D eigenvalue weighted by molar-refractivity contribution is -0.140. The van der Waals surface area contributed by atoms with Crippen molar-refractivity contribution in [2.45, 2.75) is 49.2 Å². The van der Waals surface area contributed by atoms with Gasteiger partial charge in [0.1, 0.15) is 10.8 Å². The van der Waals surface area contributed by atoms with Gasteiger partial charge < -0.3 is 9.80 Å². The van der Waals surface area contributed by atoms with Gasteiger partial charge in [0.2, 0.25) is 5.91 Å². The molecule has 0 unspecified atom stereocenters. The van der Waals surface area contributed by atoms with Crippen molar-refractivity contribution in [3.8, 4) is 0 Å². The predicted octanol–water partition coefficient (Wildman–Crippen LogP) is 2.18. The van der Waals surface area contributed by atoms with Crippen LogP contribution in [0, 0.1) is 5.92 Å². The molecule has 1 aliphatic carbocycles. The molecular formula is C16H22N4OS. The summed E-state index contributed by atoms with van der Waals surface area (Å²) in [5.74, 6) is 1.97. The minimum atomic E-state index is 0.390. The molecule has 0 spiro atoms. The summed E-state index contributed by atoms with van der Waals surface area (Å²) in [7, 11) is 0. The fraction of sp³-hybridized carbons (Fsp3) is 0.688. The molecule has 22 heavy (non-hydrogen) atoms. The molecule has 1 aromatic rings. The largest absolute Gasteiger partial charge is 0.355 e. The van der Waals surface area contributed by atoms with Crippen molar-refractivity contribution in [2.24, 2.45) is 5.92 Å². The second-order valence-corrected chi connectivity index (χ2v) is 7.38. The second-order valence-electron chi connectivity index (χ2n) is 6.55. The van der Waals surface area contributed by atoms with Gasteiger partial charge in [0.05, 0.1) is 12.4 Å². The smallest absolute Gasteiger partial charge is 0.223 e. The van der Waals surface area contributed by atoms with Crippen molar-refractivity contribution in [3.63, 3.8) is 0 Å². The zero-order chi connectivity index (χ0) is 15.1. The van der Waals surface area contributed by atoms with E-state index in [2.05, 4.69) is 19.8 Å². The molecule has 0 N–H and O–H groups in total. The van der Waals surface area contributed by atoms with Crippen LogP contribution in [0.15, 0.2) is 17.4 Å². The minimum absolute atomic E-state index is 0.390. The molecule has 118 valence electrons. The van der Waals surface area contributed by atoms with Crippen LogP contribution in [0.25, 0.3) is 0 Å². The fourth-order valence-corrected chi connectivity index (χ4v) is 4.27. The van der Waals surface area contributed by atoms with Crippen molar-refractivity contribution < 1.29 is 4.79 Å². The molecular weight excluding hydrogens is 296 g/mol. The van der Waals surface area contributed by atoms with Crippen LogP contribution in [0.2, 0.25) is 0 Å². The van der Waals surface area contributed by atoms with Gasteiger partial charge in [0, 0.05) is 31.6 Å². The highest BCUT2D eigenvalue weighted by Gasteiger charge is 2.45. The molecule has 1 aromatic heterocycles. The number of piperidine rings is 2. The molecule has 5 nitrogen and oxygen atoms in total. The molecule has 1 amide bonds. The van der Waals surface area contributed by atoms with E-state index in [1.165, 1.54) is 12.8 Å². The van der Waals surface area contributed by atoms with E-state index in [1.807, 2.05) is 18.6 Å². The van der Waals surface area contributed by atoms with Gasteiger partial charge in [-0.3, -0.25) is 9.78 Å². The Balaban J connectivity index is 1.50. The first-order valence-electron chi connectivity index (χ1n) is 8.18. The number of anilines is 1. The highest BCUT2D eigenvalue weighted by atomic mass is 32.2. The Kier molecular flexibility index (Phi) is 3.72. The van der Waals surface area contributed by atoms with Gasteiger partial charge in [-0.15, -0.1) is 11.8 Å². The normalized spacial score (nSPS) is 28.7. The molecule has 2 atom stereocenters. The fourth-order valence-electron chi connectivity index (χ4n) is 3.92. The number of aromatic nitrogens is 2. The van der Waals surface area contributed by atoms with Crippen LogP contribution in [-0.2, 0) is 4.79 Å². The summed E-state index contributed by atoms with van der Waals surface area (Å²) in [5.41, 5.74) is 0. The number of hydrogen-bond donors (Lipinski definition) is 0. The number of carbonyl (C=O) groups excluding carboxylic acids is 1. The van der Waals surface area contributed by atoms with E-state index >= 15 is 0 Å². The van der Waals surface area contributed by atoms with Gasteiger partial charge in [-0.25, -0.2) is 4.98 Å².